The van der Waals surface area contributed by atoms with E-state index >= 15 is 0 Å². The molecule has 0 aliphatic heterocycles. The summed E-state index contributed by atoms with van der Waals surface area (Å²) in [6.45, 7) is 3.60. The van der Waals surface area contributed by atoms with Crippen molar-refractivity contribution >= 4 is 17.5 Å². The summed E-state index contributed by atoms with van der Waals surface area (Å²) in [6, 6.07) is 5.36. The van der Waals surface area contributed by atoms with Crippen molar-refractivity contribution in [2.75, 3.05) is 11.5 Å². The number of rotatable bonds is 1. The van der Waals surface area contributed by atoms with Gasteiger partial charge in [-0.15, -0.1) is 0 Å². The summed E-state index contributed by atoms with van der Waals surface area (Å²) in [5, 5.41) is 0. The summed E-state index contributed by atoms with van der Waals surface area (Å²) in [7, 11) is 0. The summed E-state index contributed by atoms with van der Waals surface area (Å²) < 4.78 is 0. The maximum atomic E-state index is 5.58. The zero-order valence-electron chi connectivity index (χ0n) is 5.67. The minimum atomic E-state index is 0.676. The van der Waals surface area contributed by atoms with Crippen LogP contribution in [0.25, 0.3) is 6.08 Å². The Morgan fingerprint density at radius 2 is 2.00 bits per heavy atom. The van der Waals surface area contributed by atoms with Crippen molar-refractivity contribution in [1.29, 1.82) is 0 Å². The zero-order valence-corrected chi connectivity index (χ0v) is 5.67. The van der Waals surface area contributed by atoms with E-state index in [0.29, 0.717) is 11.4 Å². The summed E-state index contributed by atoms with van der Waals surface area (Å²) in [5.74, 6) is 0. The Morgan fingerprint density at radius 1 is 1.30 bits per heavy atom. The lowest BCUT2D eigenvalue weighted by Crippen LogP contribution is -1.91. The fourth-order valence-electron chi connectivity index (χ4n) is 0.779. The highest BCUT2D eigenvalue weighted by atomic mass is 14.6. The van der Waals surface area contributed by atoms with Gasteiger partial charge in [-0.05, 0) is 17.7 Å². The Bertz CT molecular complexity index is 253. The van der Waals surface area contributed by atoms with Gasteiger partial charge in [0.25, 0.3) is 0 Å². The van der Waals surface area contributed by atoms with Crippen LogP contribution in [-0.2, 0) is 0 Å². The van der Waals surface area contributed by atoms with Gasteiger partial charge >= 0.3 is 0 Å². The van der Waals surface area contributed by atoms with E-state index in [2.05, 4.69) is 6.58 Å². The highest BCUT2D eigenvalue weighted by Crippen LogP contribution is 2.15. The van der Waals surface area contributed by atoms with Crippen molar-refractivity contribution in [2.45, 2.75) is 0 Å². The molecule has 1 aromatic carbocycles. The van der Waals surface area contributed by atoms with E-state index in [9.17, 15) is 0 Å². The smallest absolute Gasteiger partial charge is 0.0408 e. The van der Waals surface area contributed by atoms with Gasteiger partial charge in [0.15, 0.2) is 0 Å². The van der Waals surface area contributed by atoms with Crippen molar-refractivity contribution in [2.24, 2.45) is 0 Å². The molecule has 4 N–H and O–H groups in total. The average molecular weight is 134 g/mol. The maximum Gasteiger partial charge on any atom is 0.0408 e. The van der Waals surface area contributed by atoms with Crippen LogP contribution in [0.4, 0.5) is 11.4 Å². The molecule has 2 heteroatoms. The molecule has 0 unspecified atom stereocenters. The van der Waals surface area contributed by atoms with Gasteiger partial charge in [-0.2, -0.15) is 0 Å². The standard InChI is InChI=1S/C8H10N2/c1-2-6-3-4-7(9)5-8(6)10/h2-5H,1,9-10H2. The molecule has 0 aliphatic rings. The highest BCUT2D eigenvalue weighted by Gasteiger charge is 1.92. The molecular formula is C8H10N2. The first-order valence-electron chi connectivity index (χ1n) is 3.01. The van der Waals surface area contributed by atoms with E-state index in [1.165, 1.54) is 0 Å². The van der Waals surface area contributed by atoms with E-state index < -0.39 is 0 Å². The Kier molecular flexibility index (Phi) is 1.63. The average Bonchev–Trinajstić information content (AvgIpc) is 1.88. The van der Waals surface area contributed by atoms with Gasteiger partial charge < -0.3 is 11.5 Å². The zero-order chi connectivity index (χ0) is 7.56. The maximum absolute atomic E-state index is 5.58. The molecule has 0 bridgehead atoms. The predicted molar refractivity (Wildman–Crippen MR) is 45.4 cm³/mol. The first kappa shape index (κ1) is 6.68. The van der Waals surface area contributed by atoms with E-state index in [0.717, 1.165) is 5.56 Å². The SMILES string of the molecule is C=Cc1ccc(N)cc1N. The summed E-state index contributed by atoms with van der Waals surface area (Å²) in [5.41, 5.74) is 13.3. The molecule has 0 heterocycles. The van der Waals surface area contributed by atoms with Crippen molar-refractivity contribution in [3.8, 4) is 0 Å². The molecule has 0 fully saturated rings. The van der Waals surface area contributed by atoms with Gasteiger partial charge in [0.1, 0.15) is 0 Å². The number of benzene rings is 1. The van der Waals surface area contributed by atoms with Gasteiger partial charge in [-0.1, -0.05) is 18.7 Å². The molecule has 0 saturated carbocycles. The topological polar surface area (TPSA) is 52.0 Å². The molecule has 0 aliphatic carbocycles. The number of anilines is 2. The van der Waals surface area contributed by atoms with Crippen molar-refractivity contribution in [1.82, 2.24) is 0 Å². The molecule has 1 rings (SSSR count). The second-order valence-electron chi connectivity index (χ2n) is 2.09. The number of hydrogen-bond acceptors (Lipinski definition) is 2. The lowest BCUT2D eigenvalue weighted by molar-refractivity contribution is 1.63. The third kappa shape index (κ3) is 1.10. The van der Waals surface area contributed by atoms with Crippen molar-refractivity contribution in [3.63, 3.8) is 0 Å². The van der Waals surface area contributed by atoms with Crippen molar-refractivity contribution in [3.05, 3.63) is 30.3 Å². The molecule has 0 aromatic heterocycles. The molecular weight excluding hydrogens is 124 g/mol. The normalized spacial score (nSPS) is 9.20. The van der Waals surface area contributed by atoms with Gasteiger partial charge in [-0.25, -0.2) is 0 Å². The summed E-state index contributed by atoms with van der Waals surface area (Å²) in [6.07, 6.45) is 1.70. The van der Waals surface area contributed by atoms with Gasteiger partial charge in [-0.3, -0.25) is 0 Å². The molecule has 0 saturated heterocycles. The molecule has 0 atom stereocenters. The Hall–Kier alpha value is -1.44. The molecule has 0 amide bonds. The largest absolute Gasteiger partial charge is 0.399 e. The molecule has 52 valence electrons. The lowest BCUT2D eigenvalue weighted by Gasteiger charge is -1.99. The van der Waals surface area contributed by atoms with Gasteiger partial charge in [0.2, 0.25) is 0 Å². The van der Waals surface area contributed by atoms with E-state index in [1.54, 1.807) is 18.2 Å². The quantitative estimate of drug-likeness (QED) is 0.572. The minimum Gasteiger partial charge on any atom is -0.399 e. The van der Waals surface area contributed by atoms with E-state index in [1.807, 2.05) is 6.07 Å². The first-order valence-corrected chi connectivity index (χ1v) is 3.01. The number of nitrogens with two attached hydrogens (primary N) is 2. The van der Waals surface area contributed by atoms with Crippen LogP contribution < -0.4 is 11.5 Å². The third-order valence-corrected chi connectivity index (χ3v) is 1.33. The lowest BCUT2D eigenvalue weighted by atomic mass is 10.1. The molecule has 1 aromatic rings. The van der Waals surface area contributed by atoms with Crippen LogP contribution in [0, 0.1) is 0 Å². The summed E-state index contributed by atoms with van der Waals surface area (Å²) >= 11 is 0. The number of hydrogen-bond donors (Lipinski definition) is 2. The number of nitrogen functional groups attached to an aromatic ring is 2. The fourth-order valence-corrected chi connectivity index (χ4v) is 0.779. The highest BCUT2D eigenvalue weighted by molar-refractivity contribution is 5.67. The monoisotopic (exact) mass is 134 g/mol. The van der Waals surface area contributed by atoms with Crippen LogP contribution in [0.2, 0.25) is 0 Å². The van der Waals surface area contributed by atoms with Crippen LogP contribution in [0.15, 0.2) is 24.8 Å². The third-order valence-electron chi connectivity index (χ3n) is 1.33. The summed E-state index contributed by atoms with van der Waals surface area (Å²) in [4.78, 5) is 0. The van der Waals surface area contributed by atoms with Crippen LogP contribution in [0.3, 0.4) is 0 Å². The second kappa shape index (κ2) is 2.43. The van der Waals surface area contributed by atoms with E-state index in [4.69, 9.17) is 11.5 Å². The Labute approximate surface area is 60.2 Å². The Morgan fingerprint density at radius 3 is 2.50 bits per heavy atom. The van der Waals surface area contributed by atoms with Crippen LogP contribution in [-0.4, -0.2) is 0 Å². The van der Waals surface area contributed by atoms with E-state index in [-0.39, 0.29) is 0 Å². The van der Waals surface area contributed by atoms with Crippen LogP contribution in [0.5, 0.6) is 0 Å². The first-order chi connectivity index (χ1) is 4.74. The van der Waals surface area contributed by atoms with Crippen LogP contribution >= 0.6 is 0 Å². The van der Waals surface area contributed by atoms with Crippen molar-refractivity contribution < 1.29 is 0 Å². The molecule has 0 spiro atoms. The minimum absolute atomic E-state index is 0.676. The Balaban J connectivity index is 3.19. The molecule has 0 radical (unpaired) electrons. The van der Waals surface area contributed by atoms with Crippen LogP contribution in [0.1, 0.15) is 5.56 Å². The second-order valence-corrected chi connectivity index (χ2v) is 2.09. The van der Waals surface area contributed by atoms with Gasteiger partial charge in [0.05, 0.1) is 0 Å². The predicted octanol–water partition coefficient (Wildman–Crippen LogP) is 1.49. The molecule has 2 nitrogen and oxygen atoms in total. The van der Waals surface area contributed by atoms with Gasteiger partial charge in [0, 0.05) is 11.4 Å². The molecule has 10 heavy (non-hydrogen) atoms. The fraction of sp³-hybridized carbons (Fsp3) is 0.